The van der Waals surface area contributed by atoms with E-state index in [0.717, 1.165) is 24.0 Å². The van der Waals surface area contributed by atoms with Gasteiger partial charge in [-0.15, -0.1) is 0 Å². The molecule has 4 aromatic rings. The summed E-state index contributed by atoms with van der Waals surface area (Å²) < 4.78 is 5.53. The zero-order valence-electron chi connectivity index (χ0n) is 25.8. The second-order valence-electron chi connectivity index (χ2n) is 12.1. The van der Waals surface area contributed by atoms with Crippen molar-refractivity contribution < 1.29 is 23.9 Å². The number of fused-ring (bicyclic) bond motifs is 1. The number of esters is 1. The van der Waals surface area contributed by atoms with Gasteiger partial charge in [-0.25, -0.2) is 4.79 Å². The molecule has 2 aliphatic rings. The molecule has 240 valence electrons. The van der Waals surface area contributed by atoms with E-state index in [4.69, 9.17) is 27.9 Å². The summed E-state index contributed by atoms with van der Waals surface area (Å²) in [6.07, 6.45) is 5.01. The Morgan fingerprint density at radius 3 is 2.43 bits per heavy atom. The molecule has 1 atom stereocenters. The first kappa shape index (κ1) is 32.2. The molecular formula is C36H32Cl2N4O5. The van der Waals surface area contributed by atoms with Gasteiger partial charge in [0.25, 0.3) is 11.8 Å². The minimum Gasteiger partial charge on any atom is -0.461 e. The van der Waals surface area contributed by atoms with Crippen LogP contribution >= 0.6 is 23.2 Å². The van der Waals surface area contributed by atoms with E-state index in [0.29, 0.717) is 39.5 Å². The molecule has 3 amide bonds. The smallest absolute Gasteiger partial charge is 0.338 e. The van der Waals surface area contributed by atoms with E-state index < -0.39 is 12.0 Å². The second kappa shape index (κ2) is 13.2. The van der Waals surface area contributed by atoms with Crippen LogP contribution < -0.4 is 10.2 Å². The Labute approximate surface area is 282 Å². The van der Waals surface area contributed by atoms with Crippen molar-refractivity contribution in [3.8, 4) is 11.1 Å². The number of nitrogens with one attached hydrogen (secondary N) is 1. The highest BCUT2D eigenvalue weighted by Crippen LogP contribution is 2.45. The molecule has 0 spiro atoms. The Bertz CT molecular complexity index is 1880. The molecule has 1 aliphatic heterocycles. The van der Waals surface area contributed by atoms with E-state index in [1.165, 1.54) is 15.9 Å². The quantitative estimate of drug-likeness (QED) is 0.206. The van der Waals surface area contributed by atoms with Crippen molar-refractivity contribution >= 4 is 52.6 Å². The van der Waals surface area contributed by atoms with Crippen molar-refractivity contribution in [1.82, 2.24) is 15.2 Å². The molecule has 1 N–H and O–H groups in total. The van der Waals surface area contributed by atoms with E-state index in [-0.39, 0.29) is 41.3 Å². The molecule has 47 heavy (non-hydrogen) atoms. The van der Waals surface area contributed by atoms with Gasteiger partial charge in [0.2, 0.25) is 5.91 Å². The van der Waals surface area contributed by atoms with Crippen molar-refractivity contribution in [3.63, 3.8) is 0 Å². The summed E-state index contributed by atoms with van der Waals surface area (Å²) in [5.41, 5.74) is 3.87. The summed E-state index contributed by atoms with van der Waals surface area (Å²) in [6.45, 7) is 2.36. The Hall–Kier alpha value is -4.73. The summed E-state index contributed by atoms with van der Waals surface area (Å²) in [5, 5.41) is 3.59. The topological polar surface area (TPSA) is 109 Å². The van der Waals surface area contributed by atoms with Crippen LogP contribution in [0.1, 0.15) is 56.4 Å². The highest BCUT2D eigenvalue weighted by Gasteiger charge is 2.44. The number of carbonyl (C=O) groups excluding carboxylic acids is 4. The standard InChI is InChI=1S/C36H32Cl2N4O5/c1-22-33(44)41(2)31-18-25(24-10-14-39-15-11-24)6-8-28(31)34(45)42(22)19-23-4-3-5-26(16-23)32(43)40-20-36(12-13-36)21-47-35(46)27-7-9-29(37)30(38)17-27/h3-11,14-18,22H,12-13,19-21H2,1-2H3,(H,40,43)/t22-/m1/s1. The minimum atomic E-state index is -0.733. The summed E-state index contributed by atoms with van der Waals surface area (Å²) in [7, 11) is 1.68. The number of aromatic nitrogens is 1. The van der Waals surface area contributed by atoms with Crippen LogP contribution in [0.5, 0.6) is 0 Å². The summed E-state index contributed by atoms with van der Waals surface area (Å²) in [5.74, 6) is -1.28. The van der Waals surface area contributed by atoms with Gasteiger partial charge < -0.3 is 19.9 Å². The zero-order valence-corrected chi connectivity index (χ0v) is 27.3. The number of ether oxygens (including phenoxy) is 1. The average Bonchev–Trinajstić information content (AvgIpc) is 3.89. The molecule has 9 nitrogen and oxygen atoms in total. The van der Waals surface area contributed by atoms with Crippen LogP contribution in [0.4, 0.5) is 5.69 Å². The zero-order chi connectivity index (χ0) is 33.3. The third kappa shape index (κ3) is 6.87. The van der Waals surface area contributed by atoms with E-state index in [1.54, 1.807) is 62.8 Å². The molecule has 0 radical (unpaired) electrons. The normalized spacial score (nSPS) is 16.7. The number of hydrogen-bond acceptors (Lipinski definition) is 6. The Morgan fingerprint density at radius 2 is 1.70 bits per heavy atom. The predicted molar refractivity (Wildman–Crippen MR) is 180 cm³/mol. The van der Waals surface area contributed by atoms with Crippen LogP contribution in [0, 0.1) is 5.41 Å². The molecule has 0 bridgehead atoms. The van der Waals surface area contributed by atoms with Gasteiger partial charge in [0, 0.05) is 43.5 Å². The van der Waals surface area contributed by atoms with Gasteiger partial charge in [-0.05, 0) is 91.1 Å². The molecular weight excluding hydrogens is 639 g/mol. The first-order valence-electron chi connectivity index (χ1n) is 15.2. The van der Waals surface area contributed by atoms with Crippen LogP contribution in [-0.4, -0.2) is 59.8 Å². The molecule has 1 fully saturated rings. The number of hydrogen-bond donors (Lipinski definition) is 1. The number of nitrogens with zero attached hydrogens (tertiary/aromatic N) is 3. The lowest BCUT2D eigenvalue weighted by atomic mass is 10.0. The maximum absolute atomic E-state index is 13.9. The van der Waals surface area contributed by atoms with Gasteiger partial charge in [-0.2, -0.15) is 0 Å². The lowest BCUT2D eigenvalue weighted by Gasteiger charge is -2.27. The van der Waals surface area contributed by atoms with Crippen LogP contribution in [0.3, 0.4) is 0 Å². The monoisotopic (exact) mass is 670 g/mol. The number of carbonyl (C=O) groups is 4. The number of pyridine rings is 1. The molecule has 11 heteroatoms. The van der Waals surface area contributed by atoms with Gasteiger partial charge in [0.15, 0.2) is 0 Å². The van der Waals surface area contributed by atoms with E-state index in [2.05, 4.69) is 10.3 Å². The third-order valence-corrected chi connectivity index (χ3v) is 9.55. The fraction of sp³-hybridized carbons (Fsp3) is 0.250. The fourth-order valence-electron chi connectivity index (χ4n) is 5.64. The van der Waals surface area contributed by atoms with Gasteiger partial charge in [-0.3, -0.25) is 19.4 Å². The van der Waals surface area contributed by atoms with Crippen LogP contribution in [0.25, 0.3) is 11.1 Å². The SMILES string of the molecule is C[C@@H]1C(=O)N(C)c2cc(-c3ccncc3)ccc2C(=O)N1Cc1cccc(C(=O)NCC2(COC(=O)c3ccc(Cl)c(Cl)c3)CC2)c1. The molecule has 0 saturated heterocycles. The molecule has 1 aliphatic carbocycles. The van der Waals surface area contributed by atoms with Gasteiger partial charge in [-0.1, -0.05) is 41.4 Å². The van der Waals surface area contributed by atoms with Crippen molar-refractivity contribution in [3.05, 3.63) is 117 Å². The average molecular weight is 672 g/mol. The van der Waals surface area contributed by atoms with Gasteiger partial charge >= 0.3 is 5.97 Å². The highest BCUT2D eigenvalue weighted by molar-refractivity contribution is 6.42. The second-order valence-corrected chi connectivity index (χ2v) is 12.9. The maximum atomic E-state index is 13.9. The lowest BCUT2D eigenvalue weighted by Crippen LogP contribution is -2.45. The van der Waals surface area contributed by atoms with Crippen LogP contribution in [0.2, 0.25) is 10.0 Å². The van der Waals surface area contributed by atoms with Gasteiger partial charge in [0.05, 0.1) is 33.5 Å². The van der Waals surface area contributed by atoms with E-state index in [1.807, 2.05) is 30.3 Å². The Balaban J connectivity index is 1.12. The van der Waals surface area contributed by atoms with Crippen molar-refractivity contribution in [2.24, 2.45) is 5.41 Å². The highest BCUT2D eigenvalue weighted by atomic mass is 35.5. The first-order chi connectivity index (χ1) is 22.5. The van der Waals surface area contributed by atoms with E-state index >= 15 is 0 Å². The molecule has 6 rings (SSSR count). The molecule has 1 saturated carbocycles. The fourth-order valence-corrected chi connectivity index (χ4v) is 5.94. The van der Waals surface area contributed by atoms with Crippen molar-refractivity contribution in [2.45, 2.75) is 32.4 Å². The first-order valence-corrected chi connectivity index (χ1v) is 15.9. The molecule has 2 heterocycles. The number of rotatable bonds is 9. The Morgan fingerprint density at radius 1 is 0.936 bits per heavy atom. The lowest BCUT2D eigenvalue weighted by molar-refractivity contribution is -0.122. The number of benzene rings is 3. The number of amides is 3. The number of anilines is 1. The van der Waals surface area contributed by atoms with Gasteiger partial charge in [0.1, 0.15) is 6.04 Å². The predicted octanol–water partition coefficient (Wildman–Crippen LogP) is 6.43. The molecule has 3 aromatic carbocycles. The van der Waals surface area contributed by atoms with Crippen molar-refractivity contribution in [2.75, 3.05) is 25.1 Å². The summed E-state index contributed by atoms with van der Waals surface area (Å²) >= 11 is 12.0. The molecule has 1 aromatic heterocycles. The maximum Gasteiger partial charge on any atom is 0.338 e. The number of halogens is 2. The van der Waals surface area contributed by atoms with Crippen LogP contribution in [-0.2, 0) is 16.1 Å². The van der Waals surface area contributed by atoms with Crippen LogP contribution in [0.15, 0.2) is 85.2 Å². The minimum absolute atomic E-state index is 0.140. The largest absolute Gasteiger partial charge is 0.461 e. The third-order valence-electron chi connectivity index (χ3n) is 8.81. The van der Waals surface area contributed by atoms with E-state index in [9.17, 15) is 19.2 Å². The summed E-state index contributed by atoms with van der Waals surface area (Å²) in [4.78, 5) is 60.2. The number of likely N-dealkylation sites (N-methyl/N-ethyl adjacent to an activating group) is 1. The molecule has 0 unspecified atom stereocenters. The van der Waals surface area contributed by atoms with Crippen molar-refractivity contribution in [1.29, 1.82) is 0 Å². The Kier molecular flexibility index (Phi) is 9.03. The summed E-state index contributed by atoms with van der Waals surface area (Å²) in [6, 6.07) is 20.1.